The number of aromatic hydroxyl groups is 1. The number of H-pyrrole nitrogens is 1. The van der Waals surface area contributed by atoms with Gasteiger partial charge in [-0.1, -0.05) is 30.3 Å². The van der Waals surface area contributed by atoms with Crippen LogP contribution < -0.4 is 27.4 Å². The lowest BCUT2D eigenvalue weighted by Gasteiger charge is -2.25. The highest BCUT2D eigenvalue weighted by Gasteiger charge is 2.31. The average Bonchev–Trinajstić information content (AvgIpc) is 3.40. The second kappa shape index (κ2) is 15.9. The number of hydrogen-bond donors (Lipinski definition) is 9. The molecule has 4 atom stereocenters. The van der Waals surface area contributed by atoms with Crippen LogP contribution in [0.2, 0.25) is 0 Å². The SMILES string of the molecule is NC(=O)CCC(NC(=O)C(Cc1c[nH]c2ccccc12)NC(=O)C(CCC(=O)O)NC(=O)C(N)Cc1ccc(O)cc1)C(=O)O. The van der Waals surface area contributed by atoms with E-state index in [1.165, 1.54) is 12.1 Å². The molecule has 1 aromatic heterocycles. The van der Waals surface area contributed by atoms with Gasteiger partial charge in [0.1, 0.15) is 23.9 Å². The lowest BCUT2D eigenvalue weighted by atomic mass is 10.0. The number of benzene rings is 2. The van der Waals surface area contributed by atoms with Gasteiger partial charge in [-0.15, -0.1) is 0 Å². The van der Waals surface area contributed by atoms with E-state index >= 15 is 0 Å². The fourth-order valence-corrected chi connectivity index (χ4v) is 4.61. The van der Waals surface area contributed by atoms with Crippen LogP contribution in [0.1, 0.15) is 36.8 Å². The first-order valence-electron chi connectivity index (χ1n) is 14.1. The number of hydrogen-bond acceptors (Lipinski definition) is 8. The summed E-state index contributed by atoms with van der Waals surface area (Å²) >= 11 is 0. The van der Waals surface area contributed by atoms with E-state index in [0.717, 1.165) is 10.9 Å². The van der Waals surface area contributed by atoms with Crippen molar-refractivity contribution >= 4 is 46.5 Å². The number of nitrogens with two attached hydrogens (primary N) is 2. The van der Waals surface area contributed by atoms with Crippen molar-refractivity contribution in [2.45, 2.75) is 62.7 Å². The second-order valence-corrected chi connectivity index (χ2v) is 10.5. The molecule has 15 heteroatoms. The fraction of sp³-hybridized carbons (Fsp3) is 0.333. The summed E-state index contributed by atoms with van der Waals surface area (Å²) in [5.74, 6) is -5.94. The van der Waals surface area contributed by atoms with Crippen LogP contribution in [-0.4, -0.2) is 80.0 Å². The minimum absolute atomic E-state index is 0.0240. The summed E-state index contributed by atoms with van der Waals surface area (Å²) in [6.07, 6.45) is 0.127. The highest BCUT2D eigenvalue weighted by molar-refractivity contribution is 5.95. The predicted molar refractivity (Wildman–Crippen MR) is 161 cm³/mol. The number of carbonyl (C=O) groups is 6. The number of aliphatic carboxylic acids is 2. The maximum absolute atomic E-state index is 13.5. The lowest BCUT2D eigenvalue weighted by Crippen LogP contribution is -2.57. The molecule has 1 heterocycles. The molecule has 15 nitrogen and oxygen atoms in total. The van der Waals surface area contributed by atoms with E-state index in [1.807, 2.05) is 0 Å². The number of carboxylic acids is 2. The molecule has 11 N–H and O–H groups in total. The third-order valence-corrected chi connectivity index (χ3v) is 7.03. The Morgan fingerprint density at radius 2 is 1.36 bits per heavy atom. The molecule has 0 spiro atoms. The van der Waals surface area contributed by atoms with E-state index in [2.05, 4.69) is 20.9 Å². The van der Waals surface area contributed by atoms with Gasteiger partial charge < -0.3 is 47.7 Å². The number of carbonyl (C=O) groups excluding carboxylic acids is 4. The van der Waals surface area contributed by atoms with Crippen molar-refractivity contribution < 1.29 is 44.1 Å². The summed E-state index contributed by atoms with van der Waals surface area (Å²) < 4.78 is 0. The number of amides is 4. The molecule has 3 aromatic rings. The standard InChI is InChI=1S/C30H36N6O9/c31-20(13-16-5-7-18(37)8-6-16)27(41)34-22(10-12-26(39)40)28(42)36-24(14-17-15-33-21-4-2-1-3-19(17)21)29(43)35-23(30(44)45)9-11-25(32)38/h1-8,15,20,22-24,33,37H,9-14,31H2,(H2,32,38)(H,34,41)(H,35,43)(H,36,42)(H,39,40)(H,44,45). The van der Waals surface area contributed by atoms with Crippen molar-refractivity contribution in [1.29, 1.82) is 0 Å². The Morgan fingerprint density at radius 3 is 2.00 bits per heavy atom. The first kappa shape index (κ1) is 34.1. The van der Waals surface area contributed by atoms with E-state index in [4.69, 9.17) is 11.5 Å². The van der Waals surface area contributed by atoms with Crippen molar-refractivity contribution in [1.82, 2.24) is 20.9 Å². The number of carboxylic acid groups (broad SMARTS) is 2. The monoisotopic (exact) mass is 624 g/mol. The Hall–Kier alpha value is -5.44. The van der Waals surface area contributed by atoms with Crippen LogP contribution >= 0.6 is 0 Å². The molecule has 2 aromatic carbocycles. The quantitative estimate of drug-likeness (QED) is 0.0942. The van der Waals surface area contributed by atoms with Gasteiger partial charge in [0.2, 0.25) is 23.6 Å². The molecule has 4 amide bonds. The van der Waals surface area contributed by atoms with Crippen LogP contribution in [0.3, 0.4) is 0 Å². The zero-order chi connectivity index (χ0) is 33.1. The summed E-state index contributed by atoms with van der Waals surface area (Å²) in [5, 5.41) is 36.4. The zero-order valence-corrected chi connectivity index (χ0v) is 24.2. The highest BCUT2D eigenvalue weighted by atomic mass is 16.4. The van der Waals surface area contributed by atoms with E-state index in [-0.39, 0.29) is 37.9 Å². The van der Waals surface area contributed by atoms with Crippen molar-refractivity contribution in [3.05, 3.63) is 65.9 Å². The van der Waals surface area contributed by atoms with Gasteiger partial charge in [-0.05, 0) is 48.6 Å². The average molecular weight is 625 g/mol. The highest BCUT2D eigenvalue weighted by Crippen LogP contribution is 2.19. The van der Waals surface area contributed by atoms with Crippen LogP contribution in [-0.2, 0) is 41.6 Å². The van der Waals surface area contributed by atoms with Crippen LogP contribution in [0.25, 0.3) is 10.9 Å². The number of para-hydroxylation sites is 1. The molecule has 0 radical (unpaired) electrons. The Morgan fingerprint density at radius 1 is 0.756 bits per heavy atom. The number of aromatic amines is 1. The van der Waals surface area contributed by atoms with Crippen molar-refractivity contribution in [3.63, 3.8) is 0 Å². The number of primary amides is 1. The summed E-state index contributed by atoms with van der Waals surface area (Å²) in [6, 6.07) is 7.72. The summed E-state index contributed by atoms with van der Waals surface area (Å²) in [7, 11) is 0. The van der Waals surface area contributed by atoms with Gasteiger partial charge in [-0.3, -0.25) is 24.0 Å². The number of phenolic OH excluding ortho intramolecular Hbond substituents is 1. The van der Waals surface area contributed by atoms with Crippen LogP contribution in [0.4, 0.5) is 0 Å². The molecule has 0 aliphatic rings. The smallest absolute Gasteiger partial charge is 0.326 e. The maximum atomic E-state index is 13.5. The molecule has 0 aliphatic heterocycles. The van der Waals surface area contributed by atoms with Gasteiger partial charge >= 0.3 is 11.9 Å². The van der Waals surface area contributed by atoms with Gasteiger partial charge in [0, 0.05) is 36.4 Å². The summed E-state index contributed by atoms with van der Waals surface area (Å²) in [6.45, 7) is 0. The van der Waals surface area contributed by atoms with Crippen LogP contribution in [0.15, 0.2) is 54.7 Å². The number of aromatic nitrogens is 1. The molecule has 0 bridgehead atoms. The molecule has 3 rings (SSSR count). The first-order chi connectivity index (χ1) is 21.3. The van der Waals surface area contributed by atoms with Crippen molar-refractivity contribution in [2.75, 3.05) is 0 Å². The topological polar surface area (TPSA) is 267 Å². The molecular weight excluding hydrogens is 588 g/mol. The zero-order valence-electron chi connectivity index (χ0n) is 24.2. The number of rotatable bonds is 17. The van der Waals surface area contributed by atoms with Gasteiger partial charge in [-0.25, -0.2) is 4.79 Å². The third kappa shape index (κ3) is 10.4. The summed E-state index contributed by atoms with van der Waals surface area (Å²) in [5.41, 5.74) is 13.2. The predicted octanol–water partition coefficient (Wildman–Crippen LogP) is -0.345. The normalized spacial score (nSPS) is 13.6. The van der Waals surface area contributed by atoms with E-state index < -0.39 is 66.2 Å². The Balaban J connectivity index is 1.83. The van der Waals surface area contributed by atoms with Crippen molar-refractivity contribution in [3.8, 4) is 5.75 Å². The maximum Gasteiger partial charge on any atom is 0.326 e. The van der Waals surface area contributed by atoms with E-state index in [9.17, 15) is 44.1 Å². The lowest BCUT2D eigenvalue weighted by molar-refractivity contribution is -0.142. The minimum Gasteiger partial charge on any atom is -0.508 e. The third-order valence-electron chi connectivity index (χ3n) is 7.03. The van der Waals surface area contributed by atoms with E-state index in [0.29, 0.717) is 11.1 Å². The molecule has 0 fully saturated rings. The second-order valence-electron chi connectivity index (χ2n) is 10.5. The Kier molecular flexibility index (Phi) is 12.0. The fourth-order valence-electron chi connectivity index (χ4n) is 4.61. The minimum atomic E-state index is -1.49. The van der Waals surface area contributed by atoms with Gasteiger partial charge in [-0.2, -0.15) is 0 Å². The molecular formula is C30H36N6O9. The first-order valence-corrected chi connectivity index (χ1v) is 14.1. The van der Waals surface area contributed by atoms with Crippen molar-refractivity contribution in [2.24, 2.45) is 11.5 Å². The largest absolute Gasteiger partial charge is 0.508 e. The number of phenols is 1. The molecule has 240 valence electrons. The number of fused-ring (bicyclic) bond motifs is 1. The van der Waals surface area contributed by atoms with Gasteiger partial charge in [0.25, 0.3) is 0 Å². The molecule has 0 aliphatic carbocycles. The molecule has 0 saturated carbocycles. The van der Waals surface area contributed by atoms with Crippen LogP contribution in [0, 0.1) is 0 Å². The van der Waals surface area contributed by atoms with Gasteiger partial charge in [0.05, 0.1) is 6.04 Å². The molecule has 0 saturated heterocycles. The summed E-state index contributed by atoms with van der Waals surface area (Å²) in [4.78, 5) is 77.3. The van der Waals surface area contributed by atoms with E-state index in [1.54, 1.807) is 42.6 Å². The van der Waals surface area contributed by atoms with Gasteiger partial charge in [0.15, 0.2) is 0 Å². The Bertz CT molecular complexity index is 1540. The molecule has 45 heavy (non-hydrogen) atoms. The number of nitrogens with one attached hydrogen (secondary N) is 4. The molecule has 4 unspecified atom stereocenters. The Labute approximate surface area is 257 Å². The van der Waals surface area contributed by atoms with Crippen LogP contribution in [0.5, 0.6) is 5.75 Å².